The largest absolute Gasteiger partial charge is 0.144 e. The molecule has 0 aliphatic rings. The average Bonchev–Trinajstić information content (AvgIpc) is 1.14. The molecule has 0 aromatic rings. The minimum Gasteiger partial charge on any atom is -0.123 e. The highest BCUT2D eigenvalue weighted by atomic mass is 17.0. The van der Waals surface area contributed by atoms with Crippen molar-refractivity contribution >= 4 is 0 Å². The molecule has 0 radical (unpaired) electrons. The number of rotatable bonds is 2. The molecule has 56 valence electrons. The lowest BCUT2D eigenvalue weighted by molar-refractivity contribution is -1.37. The highest BCUT2D eigenvalue weighted by Gasteiger charge is 2.27. The third-order valence-electron chi connectivity index (χ3n) is 0.317. The van der Waals surface area contributed by atoms with Crippen LogP contribution in [0.25, 0.3) is 0 Å². The standard InChI is InChI=1S/CH13N7O/c1-7(2,3)9-8(4,5)6/h2-6H2,1H3/q+2. The van der Waals surface area contributed by atoms with E-state index in [0.717, 1.165) is 0 Å². The van der Waals surface area contributed by atoms with Gasteiger partial charge in [-0.25, -0.2) is 0 Å². The van der Waals surface area contributed by atoms with Crippen LogP contribution in [0.1, 0.15) is 0 Å². The molecule has 0 aliphatic heterocycles. The molecule has 0 aliphatic carbocycles. The molecule has 0 heterocycles. The van der Waals surface area contributed by atoms with Crippen molar-refractivity contribution in [3.63, 3.8) is 0 Å². The van der Waals surface area contributed by atoms with Gasteiger partial charge in [-0.15, -0.1) is 29.2 Å². The van der Waals surface area contributed by atoms with Crippen LogP contribution in [0.15, 0.2) is 0 Å². The first-order valence-electron chi connectivity index (χ1n) is 2.10. The van der Waals surface area contributed by atoms with Gasteiger partial charge in [0, 0.05) is 4.86 Å². The maximum Gasteiger partial charge on any atom is 0.144 e. The zero-order chi connectivity index (χ0) is 7.71. The van der Waals surface area contributed by atoms with Gasteiger partial charge in [-0.2, -0.15) is 0 Å². The van der Waals surface area contributed by atoms with Crippen LogP contribution >= 0.6 is 0 Å². The first-order chi connectivity index (χ1) is 3.71. The Morgan fingerprint density at radius 1 is 1.00 bits per heavy atom. The van der Waals surface area contributed by atoms with Crippen LogP contribution in [0.4, 0.5) is 0 Å². The fourth-order valence-corrected chi connectivity index (χ4v) is 0.305. The fourth-order valence-electron chi connectivity index (χ4n) is 0.305. The predicted octanol–water partition coefficient (Wildman–Crippen LogP) is -3.54. The summed E-state index contributed by atoms with van der Waals surface area (Å²) in [7, 11) is 1.31. The maximum absolute atomic E-state index is 5.06. The number of quaternary nitrogens is 2. The van der Waals surface area contributed by atoms with E-state index in [-0.39, 0.29) is 0 Å². The Hall–Kier alpha value is -0.320. The van der Waals surface area contributed by atoms with Gasteiger partial charge in [0.2, 0.25) is 0 Å². The molecule has 0 atom stereocenters. The molecule has 0 aromatic heterocycles. The summed E-state index contributed by atoms with van der Waals surface area (Å²) in [4.78, 5) is 2.33. The summed E-state index contributed by atoms with van der Waals surface area (Å²) in [5.74, 6) is 24.9. The molecule has 0 aromatic carbocycles. The summed E-state index contributed by atoms with van der Waals surface area (Å²) >= 11 is 0. The molecule has 0 spiro atoms. The van der Waals surface area contributed by atoms with E-state index < -0.39 is 9.84 Å². The molecule has 8 nitrogen and oxygen atoms in total. The molecule has 0 fully saturated rings. The van der Waals surface area contributed by atoms with Crippen molar-refractivity contribution in [2.24, 2.45) is 29.2 Å². The van der Waals surface area contributed by atoms with Crippen molar-refractivity contribution in [2.75, 3.05) is 7.05 Å². The Balaban J connectivity index is 3.75. The molecule has 9 heavy (non-hydrogen) atoms. The van der Waals surface area contributed by atoms with Gasteiger partial charge >= 0.3 is 0 Å². The lowest BCUT2D eigenvalue weighted by Crippen LogP contribution is -2.74. The van der Waals surface area contributed by atoms with Gasteiger partial charge in [-0.1, -0.05) is 0 Å². The van der Waals surface area contributed by atoms with Crippen molar-refractivity contribution in [1.29, 1.82) is 0 Å². The maximum atomic E-state index is 5.06. The highest BCUT2D eigenvalue weighted by Crippen LogP contribution is 1.84. The van der Waals surface area contributed by atoms with Crippen molar-refractivity contribution in [1.82, 2.24) is 0 Å². The number of hydroxylamine groups is 1. The number of hydrogen-bond donors (Lipinski definition) is 5. The number of nitrogens with two attached hydrogens (primary N) is 5. The van der Waals surface area contributed by atoms with Gasteiger partial charge < -0.3 is 0 Å². The summed E-state index contributed by atoms with van der Waals surface area (Å²) in [6.07, 6.45) is 0. The van der Waals surface area contributed by atoms with E-state index in [9.17, 15) is 0 Å². The topological polar surface area (TPSA) is 139 Å². The lowest BCUT2D eigenvalue weighted by atomic mass is 11.4. The van der Waals surface area contributed by atoms with Gasteiger partial charge in [0.05, 0.1) is 9.91 Å². The van der Waals surface area contributed by atoms with Crippen LogP contribution in [0.5, 0.6) is 0 Å². The van der Waals surface area contributed by atoms with Crippen LogP contribution in [-0.4, -0.2) is 16.9 Å². The summed E-state index contributed by atoms with van der Waals surface area (Å²) in [6, 6.07) is 0. The minimum absolute atomic E-state index is 0.844. The molecular weight excluding hydrogens is 126 g/mol. The zero-order valence-corrected chi connectivity index (χ0v) is 5.19. The van der Waals surface area contributed by atoms with E-state index in [0.29, 0.717) is 0 Å². The second-order valence-corrected chi connectivity index (χ2v) is 1.90. The monoisotopic (exact) mass is 139 g/mol. The van der Waals surface area contributed by atoms with Gasteiger partial charge in [-0.05, 0) is 0 Å². The molecule has 0 bridgehead atoms. The number of nitrogens with zero attached hydrogens (tertiary/aromatic N) is 2. The van der Waals surface area contributed by atoms with Crippen molar-refractivity contribution in [3.8, 4) is 0 Å². The molecule has 0 saturated carbocycles. The van der Waals surface area contributed by atoms with Crippen molar-refractivity contribution < 1.29 is 14.8 Å². The summed E-state index contributed by atoms with van der Waals surface area (Å²) in [6.45, 7) is 0. The number of hydrogen-bond acceptors (Lipinski definition) is 6. The molecule has 8 heteroatoms. The second-order valence-electron chi connectivity index (χ2n) is 1.90. The van der Waals surface area contributed by atoms with Crippen LogP contribution in [0.3, 0.4) is 0 Å². The van der Waals surface area contributed by atoms with Gasteiger partial charge in [-0.3, -0.25) is 0 Å². The predicted molar refractivity (Wildman–Crippen MR) is 28.5 cm³/mol. The van der Waals surface area contributed by atoms with E-state index in [1.807, 2.05) is 0 Å². The third-order valence-corrected chi connectivity index (χ3v) is 0.317. The molecular formula is CH13N7O+2. The Morgan fingerprint density at radius 2 is 1.33 bits per heavy atom. The Morgan fingerprint density at radius 3 is 1.33 bits per heavy atom. The molecule has 0 rings (SSSR count). The Bertz CT molecular complexity index is 74.1. The molecule has 0 saturated heterocycles. The first-order valence-corrected chi connectivity index (χ1v) is 2.10. The van der Waals surface area contributed by atoms with Gasteiger partial charge in [0.15, 0.2) is 0 Å². The molecule has 0 amide bonds. The normalized spacial score (nSPS) is 14.0. The van der Waals surface area contributed by atoms with Crippen molar-refractivity contribution in [3.05, 3.63) is 0 Å². The van der Waals surface area contributed by atoms with E-state index in [1.165, 1.54) is 7.05 Å². The van der Waals surface area contributed by atoms with Gasteiger partial charge in [0.25, 0.3) is 0 Å². The summed E-state index contributed by atoms with van der Waals surface area (Å²) in [5.41, 5.74) is 0. The summed E-state index contributed by atoms with van der Waals surface area (Å²) < 4.78 is 0. The van der Waals surface area contributed by atoms with E-state index in [4.69, 9.17) is 29.2 Å². The van der Waals surface area contributed by atoms with Crippen LogP contribution in [0, 0.1) is 0 Å². The summed E-state index contributed by atoms with van der Waals surface area (Å²) in [5, 5.41) is 0. The lowest BCUT2D eigenvalue weighted by Gasteiger charge is -2.21. The average molecular weight is 139 g/mol. The quantitative estimate of drug-likeness (QED) is 0.152. The second kappa shape index (κ2) is 2.13. The van der Waals surface area contributed by atoms with Crippen LogP contribution in [0.2, 0.25) is 0 Å². The Kier molecular flexibility index (Phi) is 2.06. The van der Waals surface area contributed by atoms with E-state index in [2.05, 4.69) is 4.94 Å². The van der Waals surface area contributed by atoms with Gasteiger partial charge in [0.1, 0.15) is 7.05 Å². The van der Waals surface area contributed by atoms with Crippen LogP contribution in [-0.2, 0) is 4.94 Å². The minimum atomic E-state index is -1.22. The van der Waals surface area contributed by atoms with Crippen LogP contribution < -0.4 is 29.2 Å². The highest BCUT2D eigenvalue weighted by molar-refractivity contribution is 3.60. The smallest absolute Gasteiger partial charge is 0.123 e. The fraction of sp³-hybridized carbons (Fsp3) is 1.00. The Labute approximate surface area is 52.3 Å². The van der Waals surface area contributed by atoms with E-state index in [1.54, 1.807) is 0 Å². The third kappa shape index (κ3) is 7.68. The van der Waals surface area contributed by atoms with E-state index >= 15 is 0 Å². The molecule has 0 unspecified atom stereocenters. The first kappa shape index (κ1) is 8.68. The van der Waals surface area contributed by atoms with Crippen molar-refractivity contribution in [2.45, 2.75) is 0 Å². The SMILES string of the molecule is C[N+](N)(N)O[N+](N)(N)N. The molecule has 10 N–H and O–H groups in total. The zero-order valence-electron chi connectivity index (χ0n) is 5.19.